The van der Waals surface area contributed by atoms with Gasteiger partial charge in [0.15, 0.2) is 0 Å². The molecule has 1 saturated carbocycles. The first-order valence-electron chi connectivity index (χ1n) is 12.4. The molecule has 6 nitrogen and oxygen atoms in total. The molecule has 0 aromatic heterocycles. The van der Waals surface area contributed by atoms with Crippen molar-refractivity contribution < 1.29 is 18.9 Å². The number of ether oxygens (including phenoxy) is 4. The van der Waals surface area contributed by atoms with E-state index in [-0.39, 0.29) is 0 Å². The maximum atomic E-state index is 5.55. The Kier molecular flexibility index (Phi) is 6.44. The second-order valence-corrected chi connectivity index (χ2v) is 11.0. The predicted octanol–water partition coefficient (Wildman–Crippen LogP) is 1.98. The summed E-state index contributed by atoms with van der Waals surface area (Å²) in [6.07, 6.45) is 1.85. The van der Waals surface area contributed by atoms with Crippen LogP contribution in [-0.4, -0.2) is 99.9 Å². The summed E-state index contributed by atoms with van der Waals surface area (Å²) in [5.41, 5.74) is 0. The fourth-order valence-corrected chi connectivity index (χ4v) is 6.07. The van der Waals surface area contributed by atoms with Gasteiger partial charge in [-0.05, 0) is 35.5 Å². The maximum Gasteiger partial charge on any atom is 0.0936 e. The molecular weight excluding hydrogens is 380 g/mol. The zero-order valence-corrected chi connectivity index (χ0v) is 19.4. The average molecular weight is 423 g/mol. The third-order valence-electron chi connectivity index (χ3n) is 8.75. The highest BCUT2D eigenvalue weighted by Crippen LogP contribution is 2.46. The molecule has 0 spiro atoms. The van der Waals surface area contributed by atoms with Gasteiger partial charge in [0.2, 0.25) is 0 Å². The Morgan fingerprint density at radius 1 is 0.467 bits per heavy atom. The molecule has 1 aliphatic carbocycles. The quantitative estimate of drug-likeness (QED) is 0.448. The first-order chi connectivity index (χ1) is 14.5. The summed E-state index contributed by atoms with van der Waals surface area (Å²) in [5, 5.41) is 0. The van der Waals surface area contributed by atoms with Gasteiger partial charge in [-0.25, -0.2) is 0 Å². The van der Waals surface area contributed by atoms with Crippen molar-refractivity contribution in [3.05, 3.63) is 0 Å². The summed E-state index contributed by atoms with van der Waals surface area (Å²) in [7, 11) is 0. The Bertz CT molecular complexity index is 482. The SMILES string of the molecule is CC1C(C)C(CN(CC2CO2)CC2CO2)C(C)C(C)C1CN(CC1CO1)CC1CO1. The average Bonchev–Trinajstić information content (AvgIpc) is 3.54. The van der Waals surface area contributed by atoms with Gasteiger partial charge in [0.25, 0.3) is 0 Å². The van der Waals surface area contributed by atoms with E-state index in [9.17, 15) is 0 Å². The summed E-state index contributed by atoms with van der Waals surface area (Å²) in [4.78, 5) is 5.29. The normalized spacial score (nSPS) is 47.0. The smallest absolute Gasteiger partial charge is 0.0936 e. The number of epoxide rings is 4. The highest BCUT2D eigenvalue weighted by molar-refractivity contribution is 4.95. The van der Waals surface area contributed by atoms with Crippen LogP contribution in [0.4, 0.5) is 0 Å². The third kappa shape index (κ3) is 5.57. The fraction of sp³-hybridized carbons (Fsp3) is 1.00. The molecule has 4 aliphatic heterocycles. The van der Waals surface area contributed by atoms with Gasteiger partial charge < -0.3 is 18.9 Å². The minimum atomic E-state index is 0.461. The molecule has 30 heavy (non-hydrogen) atoms. The van der Waals surface area contributed by atoms with Crippen LogP contribution in [0.1, 0.15) is 27.7 Å². The molecule has 172 valence electrons. The second kappa shape index (κ2) is 8.95. The van der Waals surface area contributed by atoms with E-state index in [2.05, 4.69) is 37.5 Å². The highest BCUT2D eigenvalue weighted by atomic mass is 16.6. The lowest BCUT2D eigenvalue weighted by atomic mass is 9.58. The summed E-state index contributed by atoms with van der Waals surface area (Å²) < 4.78 is 22.2. The van der Waals surface area contributed by atoms with Crippen LogP contribution in [0, 0.1) is 35.5 Å². The van der Waals surface area contributed by atoms with E-state index >= 15 is 0 Å². The molecule has 0 bridgehead atoms. The van der Waals surface area contributed by atoms with Crippen molar-refractivity contribution >= 4 is 0 Å². The molecule has 6 heteroatoms. The van der Waals surface area contributed by atoms with E-state index in [4.69, 9.17) is 18.9 Å². The van der Waals surface area contributed by atoms with E-state index in [1.54, 1.807) is 0 Å². The van der Waals surface area contributed by atoms with Gasteiger partial charge in [-0.15, -0.1) is 0 Å². The molecule has 0 radical (unpaired) electrons. The van der Waals surface area contributed by atoms with Crippen molar-refractivity contribution in [2.24, 2.45) is 35.5 Å². The molecule has 5 fully saturated rings. The number of rotatable bonds is 12. The van der Waals surface area contributed by atoms with Gasteiger partial charge >= 0.3 is 0 Å². The minimum Gasteiger partial charge on any atom is -0.372 e. The molecular formula is C24H42N2O4. The van der Waals surface area contributed by atoms with Crippen molar-refractivity contribution in [2.45, 2.75) is 52.1 Å². The molecule has 8 unspecified atom stereocenters. The Morgan fingerprint density at radius 3 is 0.900 bits per heavy atom. The van der Waals surface area contributed by atoms with Gasteiger partial charge in [-0.3, -0.25) is 9.80 Å². The standard InChI is InChI=1S/C24H42N2O4/c1-15-16(2)24(10-26(7-21-13-29-21)8-22-14-30-22)18(4)17(3)23(15)9-25(5-19-11-27-19)6-20-12-28-20/h15-24H,5-14H2,1-4H3. The Labute approximate surface area is 182 Å². The molecule has 5 aliphatic rings. The van der Waals surface area contributed by atoms with Crippen LogP contribution in [0.3, 0.4) is 0 Å². The van der Waals surface area contributed by atoms with Gasteiger partial charge in [0.05, 0.1) is 50.8 Å². The van der Waals surface area contributed by atoms with Crippen LogP contribution >= 0.6 is 0 Å². The van der Waals surface area contributed by atoms with Crippen LogP contribution in [0.25, 0.3) is 0 Å². The first-order valence-corrected chi connectivity index (χ1v) is 12.4. The molecule has 0 aromatic rings. The lowest BCUT2D eigenvalue weighted by Crippen LogP contribution is -2.51. The molecule has 0 aromatic carbocycles. The van der Waals surface area contributed by atoms with E-state index in [0.29, 0.717) is 24.4 Å². The van der Waals surface area contributed by atoms with E-state index < -0.39 is 0 Å². The topological polar surface area (TPSA) is 56.6 Å². The van der Waals surface area contributed by atoms with E-state index in [0.717, 1.165) is 88.1 Å². The van der Waals surface area contributed by atoms with Crippen LogP contribution in [0.5, 0.6) is 0 Å². The number of nitrogens with zero attached hydrogens (tertiary/aromatic N) is 2. The zero-order valence-electron chi connectivity index (χ0n) is 19.4. The van der Waals surface area contributed by atoms with Crippen molar-refractivity contribution in [1.82, 2.24) is 9.80 Å². The maximum absolute atomic E-state index is 5.55. The molecule has 0 amide bonds. The summed E-state index contributed by atoms with van der Waals surface area (Å²) in [6, 6.07) is 0. The lowest BCUT2D eigenvalue weighted by molar-refractivity contribution is -0.0228. The van der Waals surface area contributed by atoms with Crippen molar-refractivity contribution in [1.29, 1.82) is 0 Å². The van der Waals surface area contributed by atoms with Crippen LogP contribution in [0.15, 0.2) is 0 Å². The Balaban J connectivity index is 1.21. The zero-order chi connectivity index (χ0) is 20.8. The van der Waals surface area contributed by atoms with Crippen LogP contribution in [-0.2, 0) is 18.9 Å². The molecule has 8 atom stereocenters. The predicted molar refractivity (Wildman–Crippen MR) is 115 cm³/mol. The van der Waals surface area contributed by atoms with E-state index in [1.165, 1.54) is 13.1 Å². The van der Waals surface area contributed by atoms with Gasteiger partial charge in [-0.1, -0.05) is 27.7 Å². The monoisotopic (exact) mass is 422 g/mol. The number of hydrogen-bond acceptors (Lipinski definition) is 6. The summed E-state index contributed by atoms with van der Waals surface area (Å²) >= 11 is 0. The Morgan fingerprint density at radius 2 is 0.700 bits per heavy atom. The van der Waals surface area contributed by atoms with Crippen molar-refractivity contribution in [3.63, 3.8) is 0 Å². The van der Waals surface area contributed by atoms with Crippen molar-refractivity contribution in [2.75, 3.05) is 65.7 Å². The molecule has 5 rings (SSSR count). The highest BCUT2D eigenvalue weighted by Gasteiger charge is 2.45. The lowest BCUT2D eigenvalue weighted by Gasteiger charge is -2.50. The largest absolute Gasteiger partial charge is 0.372 e. The van der Waals surface area contributed by atoms with Gasteiger partial charge in [-0.2, -0.15) is 0 Å². The third-order valence-corrected chi connectivity index (χ3v) is 8.75. The van der Waals surface area contributed by atoms with E-state index in [1.807, 2.05) is 0 Å². The first kappa shape index (κ1) is 21.6. The summed E-state index contributed by atoms with van der Waals surface area (Å²) in [5.74, 6) is 4.44. The van der Waals surface area contributed by atoms with Crippen molar-refractivity contribution in [3.8, 4) is 0 Å². The molecule has 4 saturated heterocycles. The van der Waals surface area contributed by atoms with Gasteiger partial charge in [0, 0.05) is 39.3 Å². The summed E-state index contributed by atoms with van der Waals surface area (Å²) in [6.45, 7) is 20.5. The molecule has 0 N–H and O–H groups in total. The van der Waals surface area contributed by atoms with Gasteiger partial charge in [0.1, 0.15) is 0 Å². The fourth-order valence-electron chi connectivity index (χ4n) is 6.07. The molecule has 4 heterocycles. The second-order valence-electron chi connectivity index (χ2n) is 11.0. The Hall–Kier alpha value is -0.240. The van der Waals surface area contributed by atoms with Crippen LogP contribution in [0.2, 0.25) is 0 Å². The number of hydrogen-bond donors (Lipinski definition) is 0. The minimum absolute atomic E-state index is 0.461. The van der Waals surface area contributed by atoms with Crippen LogP contribution < -0.4 is 0 Å².